The number of nitrogens with one attached hydrogen (secondary N) is 4. The Labute approximate surface area is 211 Å². The zero-order valence-electron chi connectivity index (χ0n) is 21.2. The maximum absolute atomic E-state index is 13.0. The molecule has 2 aromatic rings. The molecule has 2 aromatic carbocycles. The molecule has 0 spiro atoms. The van der Waals surface area contributed by atoms with Crippen molar-refractivity contribution in [2.75, 3.05) is 21.3 Å². The Bertz CT molecular complexity index is 1080. The fourth-order valence-corrected chi connectivity index (χ4v) is 4.20. The van der Waals surface area contributed by atoms with Crippen molar-refractivity contribution >= 4 is 17.9 Å². The molecule has 1 aliphatic heterocycles. The normalized spacial score (nSPS) is 18.1. The van der Waals surface area contributed by atoms with Gasteiger partial charge in [0, 0.05) is 13.1 Å². The Kier molecular flexibility index (Phi) is 9.13. The smallest absolute Gasteiger partial charge is 0.407 e. The predicted octanol–water partition coefficient (Wildman–Crippen LogP) is 1.82. The number of hydrogen-bond acceptors (Lipinski definition) is 7. The first-order chi connectivity index (χ1) is 17.3. The van der Waals surface area contributed by atoms with E-state index in [4.69, 9.17) is 14.2 Å². The maximum atomic E-state index is 13.0. The van der Waals surface area contributed by atoms with E-state index in [1.165, 1.54) is 7.05 Å². The molecular formula is C26H34N4O6. The lowest BCUT2D eigenvalue weighted by atomic mass is 9.86. The second-order valence-electron chi connectivity index (χ2n) is 8.65. The molecule has 3 rings (SSSR count). The molecule has 0 saturated carbocycles. The highest BCUT2D eigenvalue weighted by molar-refractivity contribution is 5.89. The van der Waals surface area contributed by atoms with Gasteiger partial charge >= 0.3 is 6.09 Å². The quantitative estimate of drug-likeness (QED) is 0.415. The summed E-state index contributed by atoms with van der Waals surface area (Å²) >= 11 is 0. The van der Waals surface area contributed by atoms with Crippen molar-refractivity contribution in [3.63, 3.8) is 0 Å². The van der Waals surface area contributed by atoms with Crippen LogP contribution >= 0.6 is 0 Å². The van der Waals surface area contributed by atoms with Gasteiger partial charge in [-0.3, -0.25) is 14.9 Å². The summed E-state index contributed by atoms with van der Waals surface area (Å²) in [4.78, 5) is 37.5. The van der Waals surface area contributed by atoms with Crippen molar-refractivity contribution in [3.05, 3.63) is 59.2 Å². The van der Waals surface area contributed by atoms with Crippen LogP contribution in [0.5, 0.6) is 11.5 Å². The molecule has 36 heavy (non-hydrogen) atoms. The molecule has 0 fully saturated rings. The van der Waals surface area contributed by atoms with E-state index >= 15 is 0 Å². The zero-order chi connectivity index (χ0) is 26.2. The minimum absolute atomic E-state index is 0.140. The van der Waals surface area contributed by atoms with Crippen LogP contribution in [0, 0.1) is 0 Å². The van der Waals surface area contributed by atoms with Crippen molar-refractivity contribution in [2.24, 2.45) is 0 Å². The van der Waals surface area contributed by atoms with Gasteiger partial charge in [0.15, 0.2) is 11.5 Å². The van der Waals surface area contributed by atoms with Gasteiger partial charge < -0.3 is 30.2 Å². The number of likely N-dealkylation sites (N-methyl/N-ethyl adjacent to an activating group) is 1. The van der Waals surface area contributed by atoms with Gasteiger partial charge in [0.05, 0.1) is 26.3 Å². The SMILES string of the molecule is CNC(=O)[C@H](C)NC(=O)[C@@H]1Cc2cc(OC)c(OC)cc2[C@@H]([C@H](C)NC(=O)OCc2ccccc2)N1. The van der Waals surface area contributed by atoms with Crippen LogP contribution in [-0.4, -0.2) is 57.3 Å². The van der Waals surface area contributed by atoms with Crippen LogP contribution in [0.4, 0.5) is 4.79 Å². The van der Waals surface area contributed by atoms with Crippen LogP contribution in [0.2, 0.25) is 0 Å². The third-order valence-corrected chi connectivity index (χ3v) is 6.16. The molecular weight excluding hydrogens is 464 g/mol. The molecule has 0 saturated heterocycles. The molecule has 0 unspecified atom stereocenters. The first kappa shape index (κ1) is 26.8. The van der Waals surface area contributed by atoms with Crippen LogP contribution in [0.15, 0.2) is 42.5 Å². The van der Waals surface area contributed by atoms with E-state index in [-0.39, 0.29) is 18.4 Å². The fraction of sp³-hybridized carbons (Fsp3) is 0.423. The largest absolute Gasteiger partial charge is 0.493 e. The molecule has 4 atom stereocenters. The number of methoxy groups -OCH3 is 2. The standard InChI is InChI=1S/C26H34N4O6/c1-15(29-26(33)36-14-17-9-7-6-8-10-17)23-19-13-22(35-5)21(34-4)12-18(19)11-20(30-23)25(32)28-16(2)24(31)27-3/h6-10,12-13,15-16,20,23,30H,11,14H2,1-5H3,(H,27,31)(H,28,32)(H,29,33)/t15-,16-,20-,23+/m0/s1. The Balaban J connectivity index is 1.80. The third kappa shape index (κ3) is 6.45. The van der Waals surface area contributed by atoms with E-state index in [2.05, 4.69) is 21.3 Å². The number of carbonyl (C=O) groups is 3. The maximum Gasteiger partial charge on any atom is 0.407 e. The Morgan fingerprint density at radius 2 is 1.69 bits per heavy atom. The summed E-state index contributed by atoms with van der Waals surface area (Å²) < 4.78 is 16.3. The van der Waals surface area contributed by atoms with E-state index in [1.54, 1.807) is 21.1 Å². The van der Waals surface area contributed by atoms with Crippen molar-refractivity contribution < 1.29 is 28.6 Å². The summed E-state index contributed by atoms with van der Waals surface area (Å²) in [5.41, 5.74) is 2.61. The van der Waals surface area contributed by atoms with Crippen molar-refractivity contribution in [1.29, 1.82) is 0 Å². The number of hydrogen-bond donors (Lipinski definition) is 4. The lowest BCUT2D eigenvalue weighted by Crippen LogP contribution is -2.56. The van der Waals surface area contributed by atoms with E-state index in [0.29, 0.717) is 17.9 Å². The highest BCUT2D eigenvalue weighted by Crippen LogP contribution is 2.37. The minimum atomic E-state index is -0.696. The second kappa shape index (κ2) is 12.3. The van der Waals surface area contributed by atoms with Gasteiger partial charge in [-0.15, -0.1) is 0 Å². The third-order valence-electron chi connectivity index (χ3n) is 6.16. The number of fused-ring (bicyclic) bond motifs is 1. The molecule has 3 amide bonds. The fourth-order valence-electron chi connectivity index (χ4n) is 4.20. The molecule has 1 heterocycles. The number of rotatable bonds is 9. The van der Waals surface area contributed by atoms with E-state index in [9.17, 15) is 14.4 Å². The number of amides is 3. The lowest BCUT2D eigenvalue weighted by molar-refractivity contribution is -0.129. The summed E-state index contributed by atoms with van der Waals surface area (Å²) in [6, 6.07) is 10.8. The minimum Gasteiger partial charge on any atom is -0.493 e. The monoisotopic (exact) mass is 498 g/mol. The molecule has 0 aliphatic carbocycles. The Hall–Kier alpha value is -3.79. The first-order valence-corrected chi connectivity index (χ1v) is 11.8. The van der Waals surface area contributed by atoms with Gasteiger partial charge in [0.25, 0.3) is 0 Å². The zero-order valence-corrected chi connectivity index (χ0v) is 21.2. The second-order valence-corrected chi connectivity index (χ2v) is 8.65. The summed E-state index contributed by atoms with van der Waals surface area (Å²) in [6.07, 6.45) is -0.209. The topological polar surface area (TPSA) is 127 Å². The summed E-state index contributed by atoms with van der Waals surface area (Å²) in [5, 5.41) is 11.5. The number of benzene rings is 2. The van der Waals surface area contributed by atoms with Gasteiger partial charge in [0.1, 0.15) is 12.6 Å². The van der Waals surface area contributed by atoms with Crippen molar-refractivity contribution in [1.82, 2.24) is 21.3 Å². The number of ether oxygens (including phenoxy) is 3. The molecule has 0 bridgehead atoms. The van der Waals surface area contributed by atoms with Crippen molar-refractivity contribution in [2.45, 2.75) is 51.0 Å². The van der Waals surface area contributed by atoms with E-state index in [0.717, 1.165) is 16.7 Å². The predicted molar refractivity (Wildman–Crippen MR) is 134 cm³/mol. The average molecular weight is 499 g/mol. The van der Waals surface area contributed by atoms with Crippen LogP contribution in [0.1, 0.15) is 36.6 Å². The summed E-state index contributed by atoms with van der Waals surface area (Å²) in [5.74, 6) is 0.463. The molecule has 4 N–H and O–H groups in total. The number of carbonyl (C=O) groups excluding carboxylic acids is 3. The first-order valence-electron chi connectivity index (χ1n) is 11.8. The van der Waals surface area contributed by atoms with Gasteiger partial charge in [-0.25, -0.2) is 4.79 Å². The van der Waals surface area contributed by atoms with Gasteiger partial charge in [-0.05, 0) is 49.1 Å². The average Bonchev–Trinajstić information content (AvgIpc) is 2.90. The molecule has 1 aliphatic rings. The summed E-state index contributed by atoms with van der Waals surface area (Å²) in [6.45, 7) is 3.59. The van der Waals surface area contributed by atoms with E-state index < -0.39 is 30.3 Å². The van der Waals surface area contributed by atoms with Crippen LogP contribution < -0.4 is 30.7 Å². The molecule has 10 heteroatoms. The Morgan fingerprint density at radius 1 is 1.03 bits per heavy atom. The van der Waals surface area contributed by atoms with Crippen LogP contribution in [0.3, 0.4) is 0 Å². The molecule has 0 aromatic heterocycles. The van der Waals surface area contributed by atoms with Crippen LogP contribution in [0.25, 0.3) is 0 Å². The number of alkyl carbamates (subject to hydrolysis) is 1. The summed E-state index contributed by atoms with van der Waals surface area (Å²) in [7, 11) is 4.61. The van der Waals surface area contributed by atoms with Gasteiger partial charge in [0.2, 0.25) is 11.8 Å². The van der Waals surface area contributed by atoms with E-state index in [1.807, 2.05) is 49.4 Å². The Morgan fingerprint density at radius 3 is 2.33 bits per heavy atom. The highest BCUT2D eigenvalue weighted by atomic mass is 16.5. The highest BCUT2D eigenvalue weighted by Gasteiger charge is 2.36. The molecule has 0 radical (unpaired) electrons. The van der Waals surface area contributed by atoms with Crippen molar-refractivity contribution in [3.8, 4) is 11.5 Å². The lowest BCUT2D eigenvalue weighted by Gasteiger charge is -2.36. The van der Waals surface area contributed by atoms with Gasteiger partial charge in [-0.1, -0.05) is 30.3 Å². The van der Waals surface area contributed by atoms with Gasteiger partial charge in [-0.2, -0.15) is 0 Å². The molecule has 194 valence electrons. The van der Waals surface area contributed by atoms with Crippen LogP contribution in [-0.2, 0) is 27.4 Å². The molecule has 10 nitrogen and oxygen atoms in total.